The molecule has 0 aliphatic carbocycles. The fraction of sp³-hybridized carbons (Fsp3) is 0.125. The van der Waals surface area contributed by atoms with E-state index in [1.807, 2.05) is 6.07 Å². The SMILES string of the molecule is CCOC(=O)c1cnn(-c2ccccc2)c1NC(=O)c1ccc(COc2ccc([N+](=O)[O-])cc2)o1. The van der Waals surface area contributed by atoms with Gasteiger partial charge < -0.3 is 19.2 Å². The van der Waals surface area contributed by atoms with Crippen molar-refractivity contribution in [2.24, 2.45) is 0 Å². The van der Waals surface area contributed by atoms with Gasteiger partial charge in [0.25, 0.3) is 11.6 Å². The molecule has 0 fully saturated rings. The van der Waals surface area contributed by atoms with E-state index in [0.717, 1.165) is 0 Å². The second-order valence-corrected chi connectivity index (χ2v) is 7.13. The summed E-state index contributed by atoms with van der Waals surface area (Å²) >= 11 is 0. The van der Waals surface area contributed by atoms with Crippen molar-refractivity contribution in [2.75, 3.05) is 11.9 Å². The summed E-state index contributed by atoms with van der Waals surface area (Å²) in [5.41, 5.74) is 0.679. The molecule has 4 rings (SSSR count). The van der Waals surface area contributed by atoms with Gasteiger partial charge in [-0.05, 0) is 43.3 Å². The predicted molar refractivity (Wildman–Crippen MR) is 124 cm³/mol. The maximum absolute atomic E-state index is 12.9. The van der Waals surface area contributed by atoms with E-state index in [4.69, 9.17) is 13.9 Å². The number of esters is 1. The first-order valence-electron chi connectivity index (χ1n) is 10.5. The van der Waals surface area contributed by atoms with Crippen molar-refractivity contribution in [3.8, 4) is 11.4 Å². The molecule has 2 aromatic carbocycles. The minimum absolute atomic E-state index is 0.00111. The molecule has 0 aliphatic heterocycles. The molecule has 11 nitrogen and oxygen atoms in total. The van der Waals surface area contributed by atoms with Crippen LogP contribution in [0.15, 0.2) is 77.3 Å². The molecular formula is C24H20N4O7. The fourth-order valence-electron chi connectivity index (χ4n) is 3.16. The minimum Gasteiger partial charge on any atom is -0.486 e. The number of amides is 1. The highest BCUT2D eigenvalue weighted by molar-refractivity contribution is 6.06. The van der Waals surface area contributed by atoms with Crippen molar-refractivity contribution in [1.29, 1.82) is 0 Å². The summed E-state index contributed by atoms with van der Waals surface area (Å²) in [6.45, 7) is 1.85. The highest BCUT2D eigenvalue weighted by Gasteiger charge is 2.23. The number of nitrogens with one attached hydrogen (secondary N) is 1. The van der Waals surface area contributed by atoms with Crippen molar-refractivity contribution < 1.29 is 28.4 Å². The number of nitro groups is 1. The largest absolute Gasteiger partial charge is 0.486 e. The second kappa shape index (κ2) is 10.3. The summed E-state index contributed by atoms with van der Waals surface area (Å²) in [7, 11) is 0. The number of nitrogens with zero attached hydrogens (tertiary/aromatic N) is 3. The molecule has 4 aromatic rings. The van der Waals surface area contributed by atoms with Crippen LogP contribution in [0.5, 0.6) is 5.75 Å². The van der Waals surface area contributed by atoms with Crippen molar-refractivity contribution in [3.05, 3.63) is 100 Å². The van der Waals surface area contributed by atoms with Gasteiger partial charge in [-0.3, -0.25) is 14.9 Å². The lowest BCUT2D eigenvalue weighted by Gasteiger charge is -2.10. The van der Waals surface area contributed by atoms with E-state index < -0.39 is 16.8 Å². The van der Waals surface area contributed by atoms with Gasteiger partial charge in [0, 0.05) is 12.1 Å². The first-order chi connectivity index (χ1) is 17.0. The van der Waals surface area contributed by atoms with Gasteiger partial charge in [0.1, 0.15) is 23.7 Å². The van der Waals surface area contributed by atoms with Crippen LogP contribution in [-0.4, -0.2) is 33.2 Å². The number of hydrogen-bond donors (Lipinski definition) is 1. The molecule has 1 amide bonds. The molecular weight excluding hydrogens is 456 g/mol. The van der Waals surface area contributed by atoms with Crippen LogP contribution in [0.3, 0.4) is 0 Å². The van der Waals surface area contributed by atoms with Crippen LogP contribution in [0, 0.1) is 10.1 Å². The zero-order valence-corrected chi connectivity index (χ0v) is 18.5. The molecule has 0 saturated carbocycles. The van der Waals surface area contributed by atoms with Crippen LogP contribution in [0.2, 0.25) is 0 Å². The Hall–Kier alpha value is -4.93. The quantitative estimate of drug-likeness (QED) is 0.213. The van der Waals surface area contributed by atoms with Crippen LogP contribution in [-0.2, 0) is 11.3 Å². The Morgan fingerprint density at radius 3 is 2.51 bits per heavy atom. The third-order valence-electron chi connectivity index (χ3n) is 4.81. The smallest absolute Gasteiger partial charge is 0.343 e. The van der Waals surface area contributed by atoms with Crippen LogP contribution in [0.4, 0.5) is 11.5 Å². The number of carbonyl (C=O) groups excluding carboxylic acids is 2. The summed E-state index contributed by atoms with van der Waals surface area (Å²) in [5, 5.41) is 17.7. The summed E-state index contributed by atoms with van der Waals surface area (Å²) < 4.78 is 17.6. The Morgan fingerprint density at radius 2 is 1.83 bits per heavy atom. The van der Waals surface area contributed by atoms with Gasteiger partial charge in [0.2, 0.25) is 0 Å². The first-order valence-corrected chi connectivity index (χ1v) is 10.5. The zero-order chi connectivity index (χ0) is 24.8. The minimum atomic E-state index is -0.624. The lowest BCUT2D eigenvalue weighted by atomic mass is 10.3. The van der Waals surface area contributed by atoms with Crippen molar-refractivity contribution in [2.45, 2.75) is 13.5 Å². The molecule has 0 radical (unpaired) electrons. The molecule has 0 saturated heterocycles. The molecule has 0 unspecified atom stereocenters. The van der Waals surface area contributed by atoms with Gasteiger partial charge in [0.05, 0.1) is 23.4 Å². The van der Waals surface area contributed by atoms with Gasteiger partial charge in [-0.1, -0.05) is 18.2 Å². The Bertz CT molecular complexity index is 1340. The maximum atomic E-state index is 12.9. The zero-order valence-electron chi connectivity index (χ0n) is 18.5. The fourth-order valence-corrected chi connectivity index (χ4v) is 3.16. The van der Waals surface area contributed by atoms with E-state index in [1.165, 1.54) is 41.2 Å². The summed E-state index contributed by atoms with van der Waals surface area (Å²) in [5.74, 6) is -0.335. The van der Waals surface area contributed by atoms with Crippen molar-refractivity contribution in [3.63, 3.8) is 0 Å². The third kappa shape index (κ3) is 5.36. The number of rotatable bonds is 9. The predicted octanol–water partition coefficient (Wildman–Crippen LogP) is 4.38. The van der Waals surface area contributed by atoms with Crippen LogP contribution < -0.4 is 10.1 Å². The summed E-state index contributed by atoms with van der Waals surface area (Å²) in [6, 6.07) is 17.6. The van der Waals surface area contributed by atoms with E-state index in [1.54, 1.807) is 37.3 Å². The number of aromatic nitrogens is 2. The van der Waals surface area contributed by atoms with Crippen LogP contribution >= 0.6 is 0 Å². The number of carbonyl (C=O) groups is 2. The number of para-hydroxylation sites is 1. The second-order valence-electron chi connectivity index (χ2n) is 7.13. The van der Waals surface area contributed by atoms with Crippen molar-refractivity contribution in [1.82, 2.24) is 9.78 Å². The van der Waals surface area contributed by atoms with Gasteiger partial charge in [-0.2, -0.15) is 5.10 Å². The Morgan fingerprint density at radius 1 is 1.09 bits per heavy atom. The number of hydrogen-bond acceptors (Lipinski definition) is 8. The van der Waals surface area contributed by atoms with E-state index in [-0.39, 0.29) is 36.0 Å². The first kappa shape index (κ1) is 23.2. The summed E-state index contributed by atoms with van der Waals surface area (Å²) in [4.78, 5) is 35.6. The topological polar surface area (TPSA) is 139 Å². The molecule has 35 heavy (non-hydrogen) atoms. The number of benzene rings is 2. The molecule has 2 aromatic heterocycles. The Labute approximate surface area is 199 Å². The maximum Gasteiger partial charge on any atom is 0.343 e. The molecule has 2 heterocycles. The monoisotopic (exact) mass is 476 g/mol. The van der Waals surface area contributed by atoms with Crippen molar-refractivity contribution >= 4 is 23.4 Å². The standard InChI is InChI=1S/C24H20N4O7/c1-2-33-24(30)20-14-25-27(16-6-4-3-5-7-16)22(20)26-23(29)21-13-12-19(35-21)15-34-18-10-8-17(9-11-18)28(31)32/h3-14H,2,15H2,1H3,(H,26,29). The third-order valence-corrected chi connectivity index (χ3v) is 4.81. The number of furan rings is 1. The molecule has 0 aliphatic rings. The molecule has 1 N–H and O–H groups in total. The molecule has 178 valence electrons. The van der Waals surface area contributed by atoms with Gasteiger partial charge in [-0.15, -0.1) is 0 Å². The Kier molecular flexibility index (Phi) is 6.86. The van der Waals surface area contributed by atoms with Crippen LogP contribution in [0.25, 0.3) is 5.69 Å². The number of anilines is 1. The van der Waals surface area contributed by atoms with Gasteiger partial charge >= 0.3 is 5.97 Å². The lowest BCUT2D eigenvalue weighted by molar-refractivity contribution is -0.384. The number of non-ortho nitro benzene ring substituents is 1. The average Bonchev–Trinajstić information content (AvgIpc) is 3.51. The molecule has 0 atom stereocenters. The van der Waals surface area contributed by atoms with E-state index >= 15 is 0 Å². The molecule has 11 heteroatoms. The number of nitro benzene ring substituents is 1. The van der Waals surface area contributed by atoms with Crippen LogP contribution in [0.1, 0.15) is 33.6 Å². The molecule has 0 spiro atoms. The van der Waals surface area contributed by atoms with Gasteiger partial charge in [-0.25, -0.2) is 9.48 Å². The van der Waals surface area contributed by atoms with E-state index in [0.29, 0.717) is 17.2 Å². The van der Waals surface area contributed by atoms with E-state index in [9.17, 15) is 19.7 Å². The summed E-state index contributed by atoms with van der Waals surface area (Å²) in [6.07, 6.45) is 1.33. The van der Waals surface area contributed by atoms with Gasteiger partial charge in [0.15, 0.2) is 11.6 Å². The highest BCUT2D eigenvalue weighted by atomic mass is 16.6. The normalized spacial score (nSPS) is 10.5. The van der Waals surface area contributed by atoms with E-state index in [2.05, 4.69) is 10.4 Å². The average molecular weight is 476 g/mol. The highest BCUT2D eigenvalue weighted by Crippen LogP contribution is 2.23. The number of ether oxygens (including phenoxy) is 2. The Balaban J connectivity index is 1.49. The lowest BCUT2D eigenvalue weighted by Crippen LogP contribution is -2.17. The molecule has 0 bridgehead atoms.